The number of nitrogens with one attached hydrogen (secondary N) is 1. The fourth-order valence-electron chi connectivity index (χ4n) is 3.20. The van der Waals surface area contributed by atoms with E-state index in [1.807, 2.05) is 49.9 Å². The Labute approximate surface area is 159 Å². The van der Waals surface area contributed by atoms with E-state index in [-0.39, 0.29) is 17.5 Å². The second-order valence-corrected chi connectivity index (χ2v) is 9.29. The molecule has 2 aromatic rings. The lowest BCUT2D eigenvalue weighted by atomic mass is 10.2. The van der Waals surface area contributed by atoms with E-state index in [1.54, 1.807) is 0 Å². The number of hydrogen-bond donors (Lipinski definition) is 1. The third kappa shape index (κ3) is 4.27. The van der Waals surface area contributed by atoms with Crippen LogP contribution in [0.1, 0.15) is 24.6 Å². The van der Waals surface area contributed by atoms with Crippen LogP contribution in [0.2, 0.25) is 5.02 Å². The molecule has 0 radical (unpaired) electrons. The monoisotopic (exact) mass is 394 g/mol. The summed E-state index contributed by atoms with van der Waals surface area (Å²) in [5.41, 5.74) is 2.76. The molecule has 26 heavy (non-hydrogen) atoms. The average molecular weight is 395 g/mol. The number of halogens is 1. The Morgan fingerprint density at radius 3 is 2.69 bits per heavy atom. The Kier molecular flexibility index (Phi) is 5.39. The van der Waals surface area contributed by atoms with Crippen LogP contribution < -0.4 is 10.2 Å². The van der Waals surface area contributed by atoms with Crippen LogP contribution in [0.5, 0.6) is 0 Å². The van der Waals surface area contributed by atoms with E-state index >= 15 is 0 Å². The second-order valence-electron chi connectivity index (χ2n) is 6.62. The average Bonchev–Trinajstić information content (AvgIpc) is 2.91. The maximum atomic E-state index is 11.8. The third-order valence-corrected chi connectivity index (χ3v) is 6.54. The molecule has 1 unspecified atom stereocenters. The standard InChI is InChI=1S/C18H23ClN4O2S/c1-4-23(15-7-8-26(24,25)11-15)18-20-13(3)9-17(22-18)21-16-10-14(19)6-5-12(16)2/h5-6,9-10,15H,4,7-8,11H2,1-3H3,(H,20,21,22). The summed E-state index contributed by atoms with van der Waals surface area (Å²) >= 11 is 6.09. The number of benzene rings is 1. The highest BCUT2D eigenvalue weighted by Crippen LogP contribution is 2.26. The quantitative estimate of drug-likeness (QED) is 0.836. The number of rotatable bonds is 5. The number of sulfone groups is 1. The van der Waals surface area contributed by atoms with Crippen LogP contribution in [-0.2, 0) is 9.84 Å². The minimum Gasteiger partial charge on any atom is -0.340 e. The van der Waals surface area contributed by atoms with Crippen LogP contribution in [-0.4, -0.2) is 42.5 Å². The summed E-state index contributed by atoms with van der Waals surface area (Å²) in [6.45, 7) is 6.54. The molecule has 2 heterocycles. The summed E-state index contributed by atoms with van der Waals surface area (Å²) < 4.78 is 23.7. The molecule has 0 aliphatic carbocycles. The van der Waals surface area contributed by atoms with Crippen molar-refractivity contribution >= 4 is 38.9 Å². The molecule has 1 atom stereocenters. The first-order chi connectivity index (χ1) is 12.3. The molecule has 1 N–H and O–H groups in total. The van der Waals surface area contributed by atoms with Gasteiger partial charge < -0.3 is 10.2 Å². The summed E-state index contributed by atoms with van der Waals surface area (Å²) in [6, 6.07) is 7.44. The van der Waals surface area contributed by atoms with Gasteiger partial charge in [0.2, 0.25) is 5.95 Å². The highest BCUT2D eigenvalue weighted by Gasteiger charge is 2.33. The van der Waals surface area contributed by atoms with Gasteiger partial charge in [0, 0.05) is 35.1 Å². The Hall–Kier alpha value is -1.86. The molecule has 6 nitrogen and oxygen atoms in total. The summed E-state index contributed by atoms with van der Waals surface area (Å²) in [7, 11) is -2.97. The van der Waals surface area contributed by atoms with Gasteiger partial charge in [0.25, 0.3) is 0 Å². The Bertz CT molecular complexity index is 917. The lowest BCUT2D eigenvalue weighted by Crippen LogP contribution is -2.37. The molecule has 0 bridgehead atoms. The van der Waals surface area contributed by atoms with Crippen molar-refractivity contribution in [2.45, 2.75) is 33.2 Å². The highest BCUT2D eigenvalue weighted by molar-refractivity contribution is 7.91. The maximum absolute atomic E-state index is 11.8. The van der Waals surface area contributed by atoms with Gasteiger partial charge in [-0.1, -0.05) is 17.7 Å². The Morgan fingerprint density at radius 2 is 2.04 bits per heavy atom. The number of anilines is 3. The van der Waals surface area contributed by atoms with Crippen molar-refractivity contribution in [3.8, 4) is 0 Å². The largest absolute Gasteiger partial charge is 0.340 e. The molecule has 0 saturated carbocycles. The molecule has 8 heteroatoms. The molecule has 0 amide bonds. The summed E-state index contributed by atoms with van der Waals surface area (Å²) in [5.74, 6) is 1.61. The molecule has 1 aliphatic rings. The Balaban J connectivity index is 1.90. The van der Waals surface area contributed by atoms with Gasteiger partial charge in [-0.05, 0) is 44.9 Å². The van der Waals surface area contributed by atoms with E-state index < -0.39 is 9.84 Å². The number of aromatic nitrogens is 2. The van der Waals surface area contributed by atoms with Crippen LogP contribution >= 0.6 is 11.6 Å². The molecule has 140 valence electrons. The van der Waals surface area contributed by atoms with Gasteiger partial charge in [-0.3, -0.25) is 0 Å². The van der Waals surface area contributed by atoms with Crippen molar-refractivity contribution in [2.24, 2.45) is 0 Å². The van der Waals surface area contributed by atoms with Crippen molar-refractivity contribution in [1.82, 2.24) is 9.97 Å². The van der Waals surface area contributed by atoms with E-state index in [0.717, 1.165) is 16.9 Å². The zero-order chi connectivity index (χ0) is 18.9. The van der Waals surface area contributed by atoms with E-state index in [9.17, 15) is 8.42 Å². The molecule has 3 rings (SSSR count). The summed E-state index contributed by atoms with van der Waals surface area (Å²) in [5, 5.41) is 3.95. The molecular formula is C18H23ClN4O2S. The van der Waals surface area contributed by atoms with E-state index in [4.69, 9.17) is 11.6 Å². The van der Waals surface area contributed by atoms with Crippen LogP contribution in [0.25, 0.3) is 0 Å². The molecule has 0 spiro atoms. The van der Waals surface area contributed by atoms with Gasteiger partial charge in [-0.25, -0.2) is 13.4 Å². The predicted molar refractivity (Wildman–Crippen MR) is 106 cm³/mol. The Morgan fingerprint density at radius 1 is 1.27 bits per heavy atom. The maximum Gasteiger partial charge on any atom is 0.227 e. The molecule has 1 aromatic heterocycles. The smallest absolute Gasteiger partial charge is 0.227 e. The van der Waals surface area contributed by atoms with Gasteiger partial charge in [0.1, 0.15) is 5.82 Å². The first-order valence-electron chi connectivity index (χ1n) is 8.63. The predicted octanol–water partition coefficient (Wildman–Crippen LogP) is 3.50. The number of aryl methyl sites for hydroxylation is 2. The zero-order valence-electron chi connectivity index (χ0n) is 15.2. The van der Waals surface area contributed by atoms with Gasteiger partial charge in [-0.2, -0.15) is 4.98 Å². The van der Waals surface area contributed by atoms with Crippen LogP contribution in [0.4, 0.5) is 17.5 Å². The third-order valence-electron chi connectivity index (χ3n) is 4.55. The summed E-state index contributed by atoms with van der Waals surface area (Å²) in [4.78, 5) is 11.1. The van der Waals surface area contributed by atoms with Crippen LogP contribution in [0, 0.1) is 13.8 Å². The highest BCUT2D eigenvalue weighted by atomic mass is 35.5. The second kappa shape index (κ2) is 7.40. The fourth-order valence-corrected chi connectivity index (χ4v) is 5.10. The van der Waals surface area contributed by atoms with Gasteiger partial charge in [0.15, 0.2) is 9.84 Å². The molecule has 1 aliphatic heterocycles. The minimum atomic E-state index is -2.97. The lowest BCUT2D eigenvalue weighted by Gasteiger charge is -2.27. The fraction of sp³-hybridized carbons (Fsp3) is 0.444. The van der Waals surface area contributed by atoms with E-state index in [2.05, 4.69) is 15.3 Å². The minimum absolute atomic E-state index is 0.0763. The van der Waals surface area contributed by atoms with Gasteiger partial charge in [0.05, 0.1) is 11.5 Å². The van der Waals surface area contributed by atoms with Crippen molar-refractivity contribution < 1.29 is 8.42 Å². The number of hydrogen-bond acceptors (Lipinski definition) is 6. The van der Waals surface area contributed by atoms with Crippen LogP contribution in [0.15, 0.2) is 24.3 Å². The first-order valence-corrected chi connectivity index (χ1v) is 10.8. The molecule has 1 fully saturated rings. The number of nitrogens with zero attached hydrogens (tertiary/aromatic N) is 3. The van der Waals surface area contributed by atoms with E-state index in [0.29, 0.717) is 29.8 Å². The van der Waals surface area contributed by atoms with Crippen molar-refractivity contribution in [3.63, 3.8) is 0 Å². The van der Waals surface area contributed by atoms with Crippen LogP contribution in [0.3, 0.4) is 0 Å². The molecular weight excluding hydrogens is 372 g/mol. The molecule has 1 saturated heterocycles. The van der Waals surface area contributed by atoms with E-state index in [1.165, 1.54) is 0 Å². The lowest BCUT2D eigenvalue weighted by molar-refractivity contribution is 0.599. The van der Waals surface area contributed by atoms with Crippen molar-refractivity contribution in [2.75, 3.05) is 28.3 Å². The SMILES string of the molecule is CCN(c1nc(C)cc(Nc2cc(Cl)ccc2C)n1)C1CCS(=O)(=O)C1. The topological polar surface area (TPSA) is 75.2 Å². The molecule has 1 aromatic carbocycles. The van der Waals surface area contributed by atoms with Crippen molar-refractivity contribution in [1.29, 1.82) is 0 Å². The summed E-state index contributed by atoms with van der Waals surface area (Å²) in [6.07, 6.45) is 0.615. The zero-order valence-corrected chi connectivity index (χ0v) is 16.7. The van der Waals surface area contributed by atoms with Crippen molar-refractivity contribution in [3.05, 3.63) is 40.5 Å². The normalized spacial score (nSPS) is 18.7. The van der Waals surface area contributed by atoms with Gasteiger partial charge >= 0.3 is 0 Å². The van der Waals surface area contributed by atoms with Gasteiger partial charge in [-0.15, -0.1) is 0 Å². The first kappa shape index (κ1) is 18.9.